The molecule has 0 aliphatic heterocycles. The van der Waals surface area contributed by atoms with E-state index in [4.69, 9.17) is 26.9 Å². The summed E-state index contributed by atoms with van der Waals surface area (Å²) in [7, 11) is -16.6. The number of phosphoric ester groups is 1. The van der Waals surface area contributed by atoms with E-state index in [2.05, 4.69) is 18.1 Å². The van der Waals surface area contributed by atoms with E-state index in [0.717, 1.165) is 30.3 Å². The molecule has 0 saturated heterocycles. The molecule has 20 heteroatoms. The Balaban J connectivity index is 0.00000841. The third kappa shape index (κ3) is 11.3. The number of hydrogen-bond donors (Lipinski definition) is 6. The molecule has 0 aliphatic rings. The van der Waals surface area contributed by atoms with Crippen LogP contribution in [-0.4, -0.2) is 52.6 Å². The number of nitrogens with zero attached hydrogens (tertiary/aromatic N) is 1. The molecule has 0 radical (unpaired) electrons. The third-order valence-electron chi connectivity index (χ3n) is 2.79. The summed E-state index contributed by atoms with van der Waals surface area (Å²) in [6.07, 6.45) is -0.217. The Morgan fingerprint density at radius 2 is 1.83 bits per heavy atom. The monoisotopic (exact) mass is 738 g/mol. The Bertz CT molecular complexity index is 979. The van der Waals surface area contributed by atoms with Gasteiger partial charge in [0.1, 0.15) is 0 Å². The molecule has 0 saturated carbocycles. The van der Waals surface area contributed by atoms with E-state index in [9.17, 15) is 32.9 Å². The minimum absolute atomic E-state index is 0. The Morgan fingerprint density at radius 1 is 1.27 bits per heavy atom. The summed E-state index contributed by atoms with van der Waals surface area (Å²) in [5.74, 6) is 0. The first-order valence-electron chi connectivity index (χ1n) is 7.09. The van der Waals surface area contributed by atoms with E-state index >= 15 is 0 Å². The van der Waals surface area contributed by atoms with Crippen LogP contribution in [0, 0.1) is 48.8 Å². The molecular formula is C10H16FN2O12P3SU. The molecule has 30 heavy (non-hydrogen) atoms. The van der Waals surface area contributed by atoms with E-state index in [1.54, 1.807) is 0 Å². The molecule has 1 rings (SSSR count). The zero-order valence-electron chi connectivity index (χ0n) is 14.8. The van der Waals surface area contributed by atoms with Crippen molar-refractivity contribution < 1.29 is 87.0 Å². The van der Waals surface area contributed by atoms with Gasteiger partial charge in [0.15, 0.2) is 0 Å². The molecule has 0 fully saturated rings. The van der Waals surface area contributed by atoms with Gasteiger partial charge in [-0.2, -0.15) is 8.62 Å². The van der Waals surface area contributed by atoms with Gasteiger partial charge in [-0.1, -0.05) is 19.3 Å². The number of aromatic nitrogens is 2. The fourth-order valence-corrected chi connectivity index (χ4v) is 4.82. The summed E-state index contributed by atoms with van der Waals surface area (Å²) in [5, 5.41) is 9.86. The Morgan fingerprint density at radius 3 is 2.33 bits per heavy atom. The van der Waals surface area contributed by atoms with Crippen LogP contribution in [0.1, 0.15) is 6.92 Å². The first kappa shape index (κ1) is 30.3. The molecule has 1 heterocycles. The van der Waals surface area contributed by atoms with Gasteiger partial charge in [0.25, 0.3) is 0 Å². The smallest absolute Gasteiger partial charge is 0.459 e. The molecule has 1 aromatic heterocycles. The third-order valence-corrected chi connectivity index (χ3v) is 6.91. The summed E-state index contributed by atoms with van der Waals surface area (Å²) in [4.78, 5) is 48.3. The number of phosphoric acid groups is 3. The number of aromatic amines is 1. The summed E-state index contributed by atoms with van der Waals surface area (Å²) < 4.78 is 59.7. The summed E-state index contributed by atoms with van der Waals surface area (Å²) in [6, 6.07) is 1.04. The molecule has 170 valence electrons. The first-order chi connectivity index (χ1) is 12.9. The molecule has 0 aromatic carbocycles. The molecule has 0 amide bonds. The molecule has 6 N–H and O–H groups in total. The van der Waals surface area contributed by atoms with Crippen LogP contribution < -0.4 is 5.56 Å². The predicted octanol–water partition coefficient (Wildman–Crippen LogP) is 0.552. The minimum atomic E-state index is -5.69. The van der Waals surface area contributed by atoms with Crippen molar-refractivity contribution in [3.63, 3.8) is 0 Å². The molecule has 0 spiro atoms. The van der Waals surface area contributed by atoms with Crippen molar-refractivity contribution >= 4 is 35.7 Å². The number of aliphatic hydroxyl groups excluding tert-OH is 1. The average Bonchev–Trinajstić information content (AvgIpc) is 2.45. The molecule has 14 nitrogen and oxygen atoms in total. The van der Waals surface area contributed by atoms with Crippen LogP contribution in [0.2, 0.25) is 0 Å². The van der Waals surface area contributed by atoms with Gasteiger partial charge in [-0.15, -0.1) is 12.2 Å². The van der Waals surface area contributed by atoms with E-state index in [1.165, 1.54) is 0 Å². The molecule has 3 unspecified atom stereocenters. The first-order valence-corrected chi connectivity index (χ1v) is 12.0. The standard InChI is InChI=1S/C10H16FN2O12P3S.U/c1-10(11,6-13-4-2-8(15)12-9(13)29)7(14)3-5-23-27(19,20)25-28(21,22)24-26(16,17)18;/h2-4,6-7,14H,5H2,1H3,(H,19,20)(H,21,22)(H,12,15,29)(H2,16,17,18);/q-2;+2/t7-,10?;/m0./s1. The van der Waals surface area contributed by atoms with Crippen LogP contribution in [0.15, 0.2) is 17.1 Å². The number of halogens is 1. The van der Waals surface area contributed by atoms with E-state index in [1.807, 2.05) is 0 Å². The van der Waals surface area contributed by atoms with Gasteiger partial charge < -0.3 is 38.8 Å². The topological polar surface area (TPSA) is 218 Å². The number of aliphatic hydroxyl groups is 1. The second kappa shape index (κ2) is 11.5. The van der Waals surface area contributed by atoms with Crippen LogP contribution in [0.4, 0.5) is 4.39 Å². The van der Waals surface area contributed by atoms with Gasteiger partial charge in [0.2, 0.25) is 5.56 Å². The maximum absolute atomic E-state index is 14.6. The van der Waals surface area contributed by atoms with Crippen molar-refractivity contribution in [3.8, 4) is 0 Å². The van der Waals surface area contributed by atoms with Crippen molar-refractivity contribution in [2.45, 2.75) is 18.7 Å². The summed E-state index contributed by atoms with van der Waals surface area (Å²) in [6.45, 7) is 0.679. The zero-order valence-corrected chi connectivity index (χ0v) is 22.4. The SMILES string of the molecule is CC(F)([CH-]n1ccc(=O)[nH]c1=S)[C@@H](O)[CH-]COP(=O)(O)OP(=O)(O)OP(=O)(O)O.[U+2]. The van der Waals surface area contributed by atoms with Gasteiger partial charge in [-0.25, -0.2) is 13.7 Å². The van der Waals surface area contributed by atoms with Gasteiger partial charge >= 0.3 is 54.6 Å². The van der Waals surface area contributed by atoms with Gasteiger partial charge in [-0.3, -0.25) is 15.6 Å². The number of hydrogen-bond acceptors (Lipinski definition) is 9. The fourth-order valence-electron chi connectivity index (χ4n) is 1.64. The second-order valence-corrected chi connectivity index (χ2v) is 10.2. The van der Waals surface area contributed by atoms with Crippen LogP contribution in [-0.2, 0) is 26.8 Å². The Labute approximate surface area is 197 Å². The van der Waals surface area contributed by atoms with E-state index in [-0.39, 0.29) is 35.9 Å². The van der Waals surface area contributed by atoms with Crippen molar-refractivity contribution in [1.29, 1.82) is 0 Å². The van der Waals surface area contributed by atoms with Crippen LogP contribution in [0.25, 0.3) is 0 Å². The maximum Gasteiger partial charge on any atom is 2.00 e. The number of rotatable bonds is 11. The minimum Gasteiger partial charge on any atom is -0.459 e. The van der Waals surface area contributed by atoms with Crippen molar-refractivity contribution in [3.05, 3.63) is 40.4 Å². The Hall–Kier alpha value is 0.322. The van der Waals surface area contributed by atoms with Gasteiger partial charge in [0, 0.05) is 0 Å². The fraction of sp³-hybridized carbons (Fsp3) is 0.400. The summed E-state index contributed by atoms with van der Waals surface area (Å²) >= 11 is 4.81. The van der Waals surface area contributed by atoms with Gasteiger partial charge in [0.05, 0.1) is 10.4 Å². The summed E-state index contributed by atoms with van der Waals surface area (Å²) in [5.41, 5.74) is -3.07. The van der Waals surface area contributed by atoms with Crippen molar-refractivity contribution in [1.82, 2.24) is 9.55 Å². The molecular weight excluding hydrogens is 722 g/mol. The van der Waals surface area contributed by atoms with Crippen molar-refractivity contribution in [2.75, 3.05) is 6.61 Å². The van der Waals surface area contributed by atoms with Crippen LogP contribution in [0.3, 0.4) is 0 Å². The van der Waals surface area contributed by atoms with E-state index < -0.39 is 47.4 Å². The number of H-pyrrole nitrogens is 1. The van der Waals surface area contributed by atoms with Gasteiger partial charge in [-0.05, 0) is 19.1 Å². The largest absolute Gasteiger partial charge is 2.00 e. The maximum atomic E-state index is 14.6. The van der Waals surface area contributed by atoms with E-state index in [0.29, 0.717) is 6.42 Å². The molecule has 1 aromatic rings. The number of alkyl halides is 1. The predicted molar refractivity (Wildman–Crippen MR) is 95.2 cm³/mol. The van der Waals surface area contributed by atoms with Crippen LogP contribution in [0.5, 0.6) is 0 Å². The Kier molecular flexibility index (Phi) is 11.6. The van der Waals surface area contributed by atoms with Crippen molar-refractivity contribution in [2.24, 2.45) is 0 Å². The molecule has 4 atom stereocenters. The number of nitrogens with one attached hydrogen (secondary N) is 1. The quantitative estimate of drug-likeness (QED) is 0.104. The zero-order chi connectivity index (χ0) is 22.7. The van der Waals surface area contributed by atoms with Crippen LogP contribution >= 0.6 is 35.7 Å². The normalized spacial score (nSPS) is 18.9. The molecule has 0 aliphatic carbocycles. The molecule has 0 bridgehead atoms. The second-order valence-electron chi connectivity index (χ2n) is 5.37. The average molecular weight is 738 g/mol.